The van der Waals surface area contributed by atoms with Gasteiger partial charge in [0.2, 0.25) is 23.6 Å². The molecule has 0 aromatic heterocycles. The summed E-state index contributed by atoms with van der Waals surface area (Å²) in [5.74, 6) is -3.87. The van der Waals surface area contributed by atoms with E-state index in [1.165, 1.54) is 6.92 Å². The number of aliphatic hydroxyl groups is 2. The van der Waals surface area contributed by atoms with Crippen LogP contribution >= 0.6 is 0 Å². The number of alkyl carbamates (subject to hydrolysis) is 1. The van der Waals surface area contributed by atoms with Crippen molar-refractivity contribution in [2.24, 2.45) is 11.8 Å². The summed E-state index contributed by atoms with van der Waals surface area (Å²) in [6.07, 6.45) is -3.93. The van der Waals surface area contributed by atoms with Crippen molar-refractivity contribution in [1.82, 2.24) is 26.6 Å². The third-order valence-electron chi connectivity index (χ3n) is 9.60. The molecule has 0 fully saturated rings. The molecule has 3 aromatic carbocycles. The number of hydrogen-bond acceptors (Lipinski definition) is 9. The SMILES string of the molecule is CC(C)CC(NC(=O)C(C)NC(=O)CC(O)C(CC(C)C)NC(=O)C(Cc1ccccc1)NC(=O)C(Cc1ccccc1)NC(=O)OCc1ccccc1)C(O)CC(=O)O. The summed E-state index contributed by atoms with van der Waals surface area (Å²) in [6.45, 7) is 8.87. The molecule has 7 unspecified atom stereocenters. The van der Waals surface area contributed by atoms with Crippen molar-refractivity contribution in [3.8, 4) is 0 Å². The topological polar surface area (TPSA) is 232 Å². The summed E-state index contributed by atoms with van der Waals surface area (Å²) in [5.41, 5.74) is 2.24. The molecular weight excluding hydrogens is 771 g/mol. The second-order valence-corrected chi connectivity index (χ2v) is 15.9. The van der Waals surface area contributed by atoms with Crippen molar-refractivity contribution in [3.63, 3.8) is 0 Å². The molecule has 8 N–H and O–H groups in total. The number of nitrogens with one attached hydrogen (secondary N) is 5. The van der Waals surface area contributed by atoms with Crippen LogP contribution in [-0.4, -0.2) is 93.4 Å². The minimum absolute atomic E-state index is 0.0212. The standard InChI is InChI=1S/C45H61N5O10/c1-28(2)21-34(38(51)25-40(53)46-30(5)42(56)47-35(22-29(3)4)39(52)26-41(54)55)48-43(57)36(23-31-15-9-6-10-16-31)49-44(58)37(24-32-17-11-7-12-18-32)50-45(59)60-27-33-19-13-8-14-20-33/h6-20,28-30,34-39,51-52H,21-27H2,1-5H3,(H,46,53)(H,47,56)(H,48,57)(H,49,58)(H,50,59)(H,54,55). The van der Waals surface area contributed by atoms with E-state index in [0.717, 1.165) is 16.7 Å². The largest absolute Gasteiger partial charge is 0.481 e. The predicted molar refractivity (Wildman–Crippen MR) is 225 cm³/mol. The van der Waals surface area contributed by atoms with Crippen LogP contribution in [0.15, 0.2) is 91.0 Å². The molecule has 0 saturated carbocycles. The van der Waals surface area contributed by atoms with E-state index in [9.17, 15) is 39.0 Å². The molecule has 0 heterocycles. The van der Waals surface area contributed by atoms with Gasteiger partial charge in [-0.25, -0.2) is 4.79 Å². The molecule has 15 heteroatoms. The van der Waals surface area contributed by atoms with Crippen molar-refractivity contribution >= 4 is 35.7 Å². The maximum Gasteiger partial charge on any atom is 0.408 e. The van der Waals surface area contributed by atoms with Gasteiger partial charge in [-0.3, -0.25) is 24.0 Å². The van der Waals surface area contributed by atoms with E-state index in [1.54, 1.807) is 48.5 Å². The van der Waals surface area contributed by atoms with Crippen LogP contribution in [0.25, 0.3) is 0 Å². The number of carboxylic acid groups (broad SMARTS) is 1. The monoisotopic (exact) mass is 831 g/mol. The Kier molecular flexibility index (Phi) is 20.2. The number of hydrogen-bond donors (Lipinski definition) is 8. The van der Waals surface area contributed by atoms with E-state index in [2.05, 4.69) is 26.6 Å². The molecule has 5 amide bonds. The first-order valence-electron chi connectivity index (χ1n) is 20.3. The molecule has 15 nitrogen and oxygen atoms in total. The molecule has 0 aliphatic rings. The van der Waals surface area contributed by atoms with Gasteiger partial charge in [0.25, 0.3) is 0 Å². The summed E-state index contributed by atoms with van der Waals surface area (Å²) in [4.78, 5) is 78.5. The van der Waals surface area contributed by atoms with Gasteiger partial charge in [-0.1, -0.05) is 119 Å². The zero-order valence-corrected chi connectivity index (χ0v) is 35.0. The average molecular weight is 832 g/mol. The number of amides is 5. The average Bonchev–Trinajstić information content (AvgIpc) is 3.19. The molecule has 0 radical (unpaired) electrons. The Morgan fingerprint density at radius 3 is 1.42 bits per heavy atom. The number of rotatable bonds is 24. The van der Waals surface area contributed by atoms with E-state index in [-0.39, 0.29) is 37.7 Å². The Bertz CT molecular complexity index is 1810. The minimum atomic E-state index is -1.40. The van der Waals surface area contributed by atoms with Crippen molar-refractivity contribution < 1.29 is 48.8 Å². The normalized spacial score (nSPS) is 14.7. The van der Waals surface area contributed by atoms with Gasteiger partial charge in [0.1, 0.15) is 24.7 Å². The number of carbonyl (C=O) groups is 6. The fourth-order valence-electron chi connectivity index (χ4n) is 6.55. The van der Waals surface area contributed by atoms with Crippen molar-refractivity contribution in [3.05, 3.63) is 108 Å². The lowest BCUT2D eigenvalue weighted by Gasteiger charge is -2.29. The summed E-state index contributed by atoms with van der Waals surface area (Å²) >= 11 is 0. The Morgan fingerprint density at radius 2 is 0.950 bits per heavy atom. The minimum Gasteiger partial charge on any atom is -0.481 e. The van der Waals surface area contributed by atoms with Gasteiger partial charge >= 0.3 is 12.1 Å². The van der Waals surface area contributed by atoms with Crippen LogP contribution in [0.5, 0.6) is 0 Å². The summed E-state index contributed by atoms with van der Waals surface area (Å²) < 4.78 is 5.41. The molecule has 0 aliphatic carbocycles. The first-order chi connectivity index (χ1) is 28.5. The van der Waals surface area contributed by atoms with Crippen LogP contribution in [0.2, 0.25) is 0 Å². The second-order valence-electron chi connectivity index (χ2n) is 15.9. The van der Waals surface area contributed by atoms with Gasteiger partial charge in [0, 0.05) is 12.8 Å². The van der Waals surface area contributed by atoms with E-state index in [4.69, 9.17) is 9.84 Å². The van der Waals surface area contributed by atoms with Crippen molar-refractivity contribution in [1.29, 1.82) is 0 Å². The molecule has 0 bridgehead atoms. The second kappa shape index (κ2) is 25.0. The highest BCUT2D eigenvalue weighted by atomic mass is 16.5. The molecule has 0 spiro atoms. The van der Waals surface area contributed by atoms with Crippen LogP contribution in [0.4, 0.5) is 4.79 Å². The number of benzene rings is 3. The lowest BCUT2D eigenvalue weighted by Crippen LogP contribution is -2.57. The van der Waals surface area contributed by atoms with E-state index in [0.29, 0.717) is 6.42 Å². The Labute approximate surface area is 352 Å². The van der Waals surface area contributed by atoms with Gasteiger partial charge in [0.15, 0.2) is 0 Å². The Hall–Kier alpha value is -5.80. The number of aliphatic carboxylic acids is 1. The van der Waals surface area contributed by atoms with Gasteiger partial charge in [-0.05, 0) is 48.3 Å². The highest BCUT2D eigenvalue weighted by Crippen LogP contribution is 2.15. The Morgan fingerprint density at radius 1 is 0.533 bits per heavy atom. The number of carboxylic acids is 1. The van der Waals surface area contributed by atoms with Crippen LogP contribution in [0.1, 0.15) is 77.0 Å². The van der Waals surface area contributed by atoms with Gasteiger partial charge in [0.05, 0.1) is 37.1 Å². The van der Waals surface area contributed by atoms with Gasteiger partial charge in [-0.15, -0.1) is 0 Å². The smallest absolute Gasteiger partial charge is 0.408 e. The fraction of sp³-hybridized carbons (Fsp3) is 0.467. The number of carbonyl (C=O) groups excluding carboxylic acids is 5. The van der Waals surface area contributed by atoms with Gasteiger partial charge in [-0.2, -0.15) is 0 Å². The third kappa shape index (κ3) is 18.0. The zero-order valence-electron chi connectivity index (χ0n) is 35.0. The van der Waals surface area contributed by atoms with E-state index >= 15 is 0 Å². The zero-order chi connectivity index (χ0) is 44.2. The maximum absolute atomic E-state index is 14.1. The molecule has 0 saturated heterocycles. The maximum atomic E-state index is 14.1. The van der Waals surface area contributed by atoms with Crippen LogP contribution < -0.4 is 26.6 Å². The van der Waals surface area contributed by atoms with Crippen LogP contribution in [0, 0.1) is 11.8 Å². The van der Waals surface area contributed by atoms with E-state index < -0.39 is 91.0 Å². The lowest BCUT2D eigenvalue weighted by molar-refractivity contribution is -0.140. The highest BCUT2D eigenvalue weighted by Gasteiger charge is 2.32. The molecule has 60 heavy (non-hydrogen) atoms. The fourth-order valence-corrected chi connectivity index (χ4v) is 6.55. The summed E-state index contributed by atoms with van der Waals surface area (Å²) in [5, 5.41) is 44.4. The van der Waals surface area contributed by atoms with Crippen LogP contribution in [-0.2, 0) is 48.2 Å². The Balaban J connectivity index is 1.75. The van der Waals surface area contributed by atoms with E-state index in [1.807, 2.05) is 70.2 Å². The van der Waals surface area contributed by atoms with Crippen molar-refractivity contribution in [2.45, 2.75) is 122 Å². The number of aliphatic hydroxyl groups excluding tert-OH is 2. The molecular formula is C45H61N5O10. The lowest BCUT2D eigenvalue weighted by atomic mass is 9.95. The third-order valence-corrected chi connectivity index (χ3v) is 9.60. The molecule has 326 valence electrons. The summed E-state index contributed by atoms with van der Waals surface area (Å²) in [7, 11) is 0. The quantitative estimate of drug-likeness (QED) is 0.0656. The molecule has 7 atom stereocenters. The summed E-state index contributed by atoms with van der Waals surface area (Å²) in [6, 6.07) is 21.9. The predicted octanol–water partition coefficient (Wildman–Crippen LogP) is 3.40. The molecule has 3 aromatic rings. The molecule has 3 rings (SSSR count). The van der Waals surface area contributed by atoms with Crippen LogP contribution in [0.3, 0.4) is 0 Å². The van der Waals surface area contributed by atoms with Crippen molar-refractivity contribution in [2.75, 3.05) is 0 Å². The molecule has 0 aliphatic heterocycles. The van der Waals surface area contributed by atoms with Gasteiger partial charge < -0.3 is 46.6 Å². The highest BCUT2D eigenvalue weighted by molar-refractivity contribution is 5.92. The number of ether oxygens (including phenoxy) is 1. The first-order valence-corrected chi connectivity index (χ1v) is 20.3. The first kappa shape index (κ1) is 48.6.